The van der Waals surface area contributed by atoms with Crippen LogP contribution in [0.15, 0.2) is 41.8 Å². The van der Waals surface area contributed by atoms with Crippen LogP contribution in [0.4, 0.5) is 5.00 Å². The number of carbonyl (C=O) groups excluding carboxylic acids is 3. The molecule has 1 aromatic carbocycles. The Kier molecular flexibility index (Phi) is 10.0. The van der Waals surface area contributed by atoms with Gasteiger partial charge in [-0.15, -0.1) is 11.3 Å². The van der Waals surface area contributed by atoms with Gasteiger partial charge in [-0.1, -0.05) is 55.8 Å². The molecule has 10 heteroatoms. The van der Waals surface area contributed by atoms with Gasteiger partial charge in [-0.3, -0.25) is 4.79 Å². The molecule has 0 aliphatic rings. The van der Waals surface area contributed by atoms with Crippen LogP contribution in [-0.4, -0.2) is 40.8 Å². The SMILES string of the molecule is CCOC(=O)c1c(CC(C)C)csc1NC(=O)COC(=O)/C=C/c1c(C)nn(Cc2ccccc2)c1Cl. The number of hydrogen-bond donors (Lipinski definition) is 1. The van der Waals surface area contributed by atoms with E-state index in [0.717, 1.165) is 11.1 Å². The highest BCUT2D eigenvalue weighted by molar-refractivity contribution is 7.15. The Morgan fingerprint density at radius 3 is 2.59 bits per heavy atom. The van der Waals surface area contributed by atoms with Crippen molar-refractivity contribution in [2.24, 2.45) is 5.92 Å². The smallest absolute Gasteiger partial charge is 0.341 e. The number of esters is 2. The second-order valence-electron chi connectivity index (χ2n) is 8.71. The molecule has 0 aliphatic carbocycles. The summed E-state index contributed by atoms with van der Waals surface area (Å²) in [6.07, 6.45) is 3.39. The monoisotopic (exact) mass is 543 g/mol. The Balaban J connectivity index is 1.60. The molecule has 0 saturated carbocycles. The van der Waals surface area contributed by atoms with E-state index in [9.17, 15) is 14.4 Å². The maximum atomic E-state index is 12.5. The number of nitrogens with zero attached hydrogens (tertiary/aromatic N) is 2. The highest BCUT2D eigenvalue weighted by Gasteiger charge is 2.22. The van der Waals surface area contributed by atoms with Crippen molar-refractivity contribution >= 4 is 51.9 Å². The van der Waals surface area contributed by atoms with Gasteiger partial charge in [0.05, 0.1) is 24.4 Å². The molecule has 8 nitrogen and oxygen atoms in total. The van der Waals surface area contributed by atoms with Gasteiger partial charge in [0.15, 0.2) is 6.61 Å². The molecule has 1 N–H and O–H groups in total. The fourth-order valence-corrected chi connectivity index (χ4v) is 4.90. The van der Waals surface area contributed by atoms with E-state index >= 15 is 0 Å². The molecule has 0 aliphatic heterocycles. The van der Waals surface area contributed by atoms with Crippen LogP contribution in [-0.2, 0) is 32.0 Å². The van der Waals surface area contributed by atoms with Crippen molar-refractivity contribution in [2.45, 2.75) is 40.7 Å². The summed E-state index contributed by atoms with van der Waals surface area (Å²) < 4.78 is 11.9. The van der Waals surface area contributed by atoms with Gasteiger partial charge in [0.25, 0.3) is 5.91 Å². The van der Waals surface area contributed by atoms with E-state index in [1.54, 1.807) is 18.5 Å². The zero-order valence-corrected chi connectivity index (χ0v) is 22.8. The average Bonchev–Trinajstić information content (AvgIpc) is 3.35. The molecule has 0 saturated heterocycles. The number of anilines is 1. The number of amides is 1. The summed E-state index contributed by atoms with van der Waals surface area (Å²) in [4.78, 5) is 37.2. The van der Waals surface area contributed by atoms with E-state index in [4.69, 9.17) is 21.1 Å². The number of nitrogens with one attached hydrogen (secondary N) is 1. The van der Waals surface area contributed by atoms with Crippen LogP contribution in [0.2, 0.25) is 5.15 Å². The summed E-state index contributed by atoms with van der Waals surface area (Å²) in [5.74, 6) is -1.44. The second-order valence-corrected chi connectivity index (χ2v) is 9.94. The van der Waals surface area contributed by atoms with Gasteiger partial charge in [-0.2, -0.15) is 5.10 Å². The minimum Gasteiger partial charge on any atom is -0.462 e. The van der Waals surface area contributed by atoms with Gasteiger partial charge < -0.3 is 14.8 Å². The predicted octanol–water partition coefficient (Wildman–Crippen LogP) is 5.53. The van der Waals surface area contributed by atoms with E-state index in [1.165, 1.54) is 23.5 Å². The standard InChI is InChI=1S/C27H30ClN3O5S/c1-5-35-27(34)24-20(13-17(2)3)16-37-26(24)29-22(32)15-36-23(33)12-11-21-18(4)30-31(25(21)28)14-19-9-7-6-8-10-19/h6-12,16-17H,5,13-15H2,1-4H3,(H,29,32)/b12-11+. The Morgan fingerprint density at radius 2 is 1.92 bits per heavy atom. The molecule has 0 radical (unpaired) electrons. The van der Waals surface area contributed by atoms with Crippen molar-refractivity contribution in [3.05, 3.63) is 74.9 Å². The Bertz CT molecular complexity index is 1280. The number of ether oxygens (including phenoxy) is 2. The highest BCUT2D eigenvalue weighted by Crippen LogP contribution is 2.31. The van der Waals surface area contributed by atoms with Crippen molar-refractivity contribution in [2.75, 3.05) is 18.5 Å². The Hall–Kier alpha value is -3.43. The highest BCUT2D eigenvalue weighted by atomic mass is 35.5. The lowest BCUT2D eigenvalue weighted by atomic mass is 10.0. The molecular formula is C27H30ClN3O5S. The zero-order chi connectivity index (χ0) is 26.9. The molecule has 0 unspecified atom stereocenters. The third-order valence-electron chi connectivity index (χ3n) is 5.24. The lowest BCUT2D eigenvalue weighted by Gasteiger charge is -2.10. The fourth-order valence-electron chi connectivity index (χ4n) is 3.62. The maximum absolute atomic E-state index is 12.5. The van der Waals surface area contributed by atoms with Crippen LogP contribution in [0.25, 0.3) is 6.08 Å². The van der Waals surface area contributed by atoms with E-state index in [2.05, 4.69) is 10.4 Å². The number of carbonyl (C=O) groups is 3. The third-order valence-corrected chi connectivity index (χ3v) is 6.59. The van der Waals surface area contributed by atoms with E-state index in [0.29, 0.717) is 45.9 Å². The van der Waals surface area contributed by atoms with Crippen LogP contribution < -0.4 is 5.32 Å². The maximum Gasteiger partial charge on any atom is 0.341 e. The zero-order valence-electron chi connectivity index (χ0n) is 21.2. The fraction of sp³-hybridized carbons (Fsp3) is 0.333. The van der Waals surface area contributed by atoms with E-state index in [1.807, 2.05) is 49.6 Å². The largest absolute Gasteiger partial charge is 0.462 e. The van der Waals surface area contributed by atoms with Gasteiger partial charge in [0.2, 0.25) is 0 Å². The molecule has 0 bridgehead atoms. The number of aryl methyl sites for hydroxylation is 1. The number of hydrogen-bond acceptors (Lipinski definition) is 7. The lowest BCUT2D eigenvalue weighted by Crippen LogP contribution is -2.21. The summed E-state index contributed by atoms with van der Waals surface area (Å²) in [6.45, 7) is 7.81. The van der Waals surface area contributed by atoms with Gasteiger partial charge in [-0.05, 0) is 48.8 Å². The summed E-state index contributed by atoms with van der Waals surface area (Å²) >= 11 is 7.71. The molecule has 0 spiro atoms. The Morgan fingerprint density at radius 1 is 1.19 bits per heavy atom. The summed E-state index contributed by atoms with van der Waals surface area (Å²) in [6, 6.07) is 9.76. The first-order valence-electron chi connectivity index (χ1n) is 11.9. The van der Waals surface area contributed by atoms with Gasteiger partial charge >= 0.3 is 11.9 Å². The van der Waals surface area contributed by atoms with Crippen molar-refractivity contribution in [3.63, 3.8) is 0 Å². The summed E-state index contributed by atoms with van der Waals surface area (Å²) in [5, 5.41) is 9.70. The van der Waals surface area contributed by atoms with Crippen LogP contribution in [0.5, 0.6) is 0 Å². The van der Waals surface area contributed by atoms with Crippen LogP contribution in [0.3, 0.4) is 0 Å². The van der Waals surface area contributed by atoms with Crippen molar-refractivity contribution in [1.82, 2.24) is 9.78 Å². The second kappa shape index (κ2) is 13.2. The van der Waals surface area contributed by atoms with E-state index < -0.39 is 24.5 Å². The molecule has 3 rings (SSSR count). The molecular weight excluding hydrogens is 514 g/mol. The Labute approximate surface area is 225 Å². The first-order valence-corrected chi connectivity index (χ1v) is 13.1. The molecule has 1 amide bonds. The van der Waals surface area contributed by atoms with Crippen molar-refractivity contribution in [1.29, 1.82) is 0 Å². The van der Waals surface area contributed by atoms with Crippen LogP contribution >= 0.6 is 22.9 Å². The number of halogens is 1. The number of thiophene rings is 1. The summed E-state index contributed by atoms with van der Waals surface area (Å²) in [5.41, 5.74) is 3.45. The third kappa shape index (κ3) is 7.77. The minimum absolute atomic E-state index is 0.224. The van der Waals surface area contributed by atoms with Crippen LogP contribution in [0, 0.1) is 12.8 Å². The van der Waals surface area contributed by atoms with Crippen molar-refractivity contribution < 1.29 is 23.9 Å². The predicted molar refractivity (Wildman–Crippen MR) is 145 cm³/mol. The topological polar surface area (TPSA) is 99.5 Å². The molecule has 0 fully saturated rings. The van der Waals surface area contributed by atoms with E-state index in [-0.39, 0.29) is 6.61 Å². The average molecular weight is 544 g/mol. The normalized spacial score (nSPS) is 11.2. The van der Waals surface area contributed by atoms with Crippen LogP contribution in [0.1, 0.15) is 53.5 Å². The first kappa shape index (κ1) is 28.1. The minimum atomic E-state index is -0.710. The molecule has 2 aromatic heterocycles. The summed E-state index contributed by atoms with van der Waals surface area (Å²) in [7, 11) is 0. The molecule has 2 heterocycles. The molecule has 0 atom stereocenters. The van der Waals surface area contributed by atoms with Gasteiger partial charge in [0, 0.05) is 11.6 Å². The lowest BCUT2D eigenvalue weighted by molar-refractivity contribution is -0.142. The van der Waals surface area contributed by atoms with Crippen molar-refractivity contribution in [3.8, 4) is 0 Å². The molecule has 3 aromatic rings. The van der Waals surface area contributed by atoms with Gasteiger partial charge in [0.1, 0.15) is 10.2 Å². The first-order chi connectivity index (χ1) is 17.7. The number of benzene rings is 1. The number of aromatic nitrogens is 2. The quantitative estimate of drug-likeness (QED) is 0.252. The molecule has 37 heavy (non-hydrogen) atoms. The molecule has 196 valence electrons. The number of rotatable bonds is 11. The van der Waals surface area contributed by atoms with Gasteiger partial charge in [-0.25, -0.2) is 14.3 Å².